The van der Waals surface area contributed by atoms with E-state index in [-0.39, 0.29) is 64.5 Å². The Balaban J connectivity index is 0.00000379. The molecule has 2 aliphatic heterocycles. The molecule has 0 saturated carbocycles. The van der Waals surface area contributed by atoms with E-state index in [9.17, 15) is 52.0 Å². The number of carbonyl (C=O) groups is 6. The molecule has 0 bridgehead atoms. The Labute approximate surface area is 326 Å². The van der Waals surface area contributed by atoms with Gasteiger partial charge in [0.25, 0.3) is 21.9 Å². The van der Waals surface area contributed by atoms with E-state index in [0.29, 0.717) is 30.6 Å². The van der Waals surface area contributed by atoms with Crippen LogP contribution in [-0.4, -0.2) is 127 Å². The number of imide groups is 1. The normalized spacial score (nSPS) is 18.1. The Morgan fingerprint density at radius 2 is 1.66 bits per heavy atom. The zero-order valence-electron chi connectivity index (χ0n) is 32.4. The average molecular weight is 818 g/mol. The van der Waals surface area contributed by atoms with Gasteiger partial charge in [0.1, 0.15) is 36.5 Å². The van der Waals surface area contributed by atoms with Crippen molar-refractivity contribution in [2.75, 3.05) is 38.7 Å². The molecule has 1 saturated heterocycles. The van der Waals surface area contributed by atoms with E-state index < -0.39 is 76.0 Å². The SMILES string of the molecule is CC.CC.CC(=O)OCc1ccc(OCCOCCNC(=O)C(CS(=O)(=O)O)NC(=O)CCCCCN2C(=O)C=CC2=O)cc1OC1CC(O)CC(C(=O)O)O1. The lowest BCUT2D eigenvalue weighted by Crippen LogP contribution is -2.50. The highest BCUT2D eigenvalue weighted by Crippen LogP contribution is 2.30. The third kappa shape index (κ3) is 19.3. The first kappa shape index (κ1) is 49.4. The topological polar surface area (TPSA) is 271 Å². The monoisotopic (exact) mass is 817 g/mol. The molecular weight excluding hydrogens is 762 g/mol. The number of nitrogens with one attached hydrogen (secondary N) is 2. The number of amides is 4. The zero-order chi connectivity index (χ0) is 42.3. The molecule has 0 radical (unpaired) electrons. The van der Waals surface area contributed by atoms with E-state index in [1.807, 2.05) is 27.7 Å². The Kier molecular flexibility index (Phi) is 23.2. The summed E-state index contributed by atoms with van der Waals surface area (Å²) >= 11 is 0. The molecule has 4 atom stereocenters. The number of rotatable bonds is 22. The second-order valence-corrected chi connectivity index (χ2v) is 13.3. The molecule has 0 spiro atoms. The molecule has 5 N–H and O–H groups in total. The van der Waals surface area contributed by atoms with Crippen LogP contribution >= 0.6 is 0 Å². The summed E-state index contributed by atoms with van der Waals surface area (Å²) in [6.07, 6.45) is 0.107. The summed E-state index contributed by atoms with van der Waals surface area (Å²) in [6, 6.07) is 3.04. The first-order valence-electron chi connectivity index (χ1n) is 18.4. The highest BCUT2D eigenvalue weighted by Gasteiger charge is 2.34. The highest BCUT2D eigenvalue weighted by atomic mass is 32.2. The molecule has 1 aromatic carbocycles. The number of nitrogens with zero attached hydrogens (tertiary/aromatic N) is 1. The molecule has 316 valence electrons. The van der Waals surface area contributed by atoms with Crippen molar-refractivity contribution >= 4 is 45.7 Å². The van der Waals surface area contributed by atoms with Crippen molar-refractivity contribution in [1.29, 1.82) is 0 Å². The number of aliphatic hydroxyl groups is 1. The molecule has 1 fully saturated rings. The number of hydrogen-bond acceptors (Lipinski definition) is 14. The van der Waals surface area contributed by atoms with Crippen LogP contribution in [0.1, 0.15) is 78.7 Å². The lowest BCUT2D eigenvalue weighted by atomic mass is 10.1. The summed E-state index contributed by atoms with van der Waals surface area (Å²) < 4.78 is 59.7. The molecule has 20 heteroatoms. The summed E-state index contributed by atoms with van der Waals surface area (Å²) in [4.78, 5) is 72.0. The van der Waals surface area contributed by atoms with E-state index in [0.717, 1.165) is 4.90 Å². The summed E-state index contributed by atoms with van der Waals surface area (Å²) in [5.41, 5.74) is 0.428. The van der Waals surface area contributed by atoms with Gasteiger partial charge in [-0.1, -0.05) is 34.1 Å². The predicted octanol–water partition coefficient (Wildman–Crippen LogP) is 1.50. The molecule has 1 aromatic rings. The van der Waals surface area contributed by atoms with E-state index in [1.165, 1.54) is 25.1 Å². The number of benzene rings is 1. The number of carboxylic acid groups (broad SMARTS) is 1. The summed E-state index contributed by atoms with van der Waals surface area (Å²) in [6.45, 7) is 9.23. The van der Waals surface area contributed by atoms with Crippen LogP contribution in [0.4, 0.5) is 0 Å². The molecule has 4 unspecified atom stereocenters. The number of esters is 1. The molecule has 4 amide bonds. The standard InChI is InChI=1S/C32H43N3O16S.2C2H6/c1-20(36)49-18-21-6-7-23(17-25(21)50-30-16-22(37)15-26(51-30)32(42)43)48-14-13-47-12-10-33-31(41)24(19-52(44,45)46)34-27(38)5-3-2-4-11-35-28(39)8-9-29(35)40;2*1-2/h6-9,17,22,24,26,30,37H,2-5,10-16,18-19H2,1H3,(H,33,41)(H,34,38)(H,42,43)(H,44,45,46);2*1-2H3. The molecule has 0 aromatic heterocycles. The summed E-state index contributed by atoms with van der Waals surface area (Å²) in [5.74, 6) is -4.67. The molecule has 0 aliphatic carbocycles. The fourth-order valence-electron chi connectivity index (χ4n) is 5.00. The van der Waals surface area contributed by atoms with Gasteiger partial charge in [0.15, 0.2) is 6.10 Å². The van der Waals surface area contributed by atoms with Gasteiger partial charge < -0.3 is 44.5 Å². The molecule has 2 heterocycles. The van der Waals surface area contributed by atoms with Crippen LogP contribution in [0.2, 0.25) is 0 Å². The number of aliphatic carboxylic acids is 1. The minimum absolute atomic E-state index is 0.00227. The third-order valence-corrected chi connectivity index (χ3v) is 8.28. The van der Waals surface area contributed by atoms with Crippen molar-refractivity contribution in [3.05, 3.63) is 35.9 Å². The minimum Gasteiger partial charge on any atom is -0.491 e. The van der Waals surface area contributed by atoms with Crippen LogP contribution in [-0.2, 0) is 59.7 Å². The van der Waals surface area contributed by atoms with Crippen LogP contribution in [0.25, 0.3) is 0 Å². The largest absolute Gasteiger partial charge is 0.491 e. The molecule has 3 rings (SSSR count). The van der Waals surface area contributed by atoms with E-state index >= 15 is 0 Å². The van der Waals surface area contributed by atoms with Gasteiger partial charge in [-0.15, -0.1) is 0 Å². The average Bonchev–Trinajstić information content (AvgIpc) is 3.46. The first-order chi connectivity index (χ1) is 26.6. The van der Waals surface area contributed by atoms with Gasteiger partial charge in [0.2, 0.25) is 18.1 Å². The second-order valence-electron chi connectivity index (χ2n) is 11.8. The van der Waals surface area contributed by atoms with Crippen LogP contribution in [0, 0.1) is 0 Å². The van der Waals surface area contributed by atoms with Gasteiger partial charge in [-0.2, -0.15) is 8.42 Å². The summed E-state index contributed by atoms with van der Waals surface area (Å²) in [5, 5.41) is 24.1. The first-order valence-corrected chi connectivity index (χ1v) is 20.0. The maximum absolute atomic E-state index is 12.6. The number of unbranched alkanes of at least 4 members (excludes halogenated alkanes) is 2. The predicted molar refractivity (Wildman–Crippen MR) is 199 cm³/mol. The summed E-state index contributed by atoms with van der Waals surface area (Å²) in [7, 11) is -4.63. The number of hydrogen-bond donors (Lipinski definition) is 5. The zero-order valence-corrected chi connectivity index (χ0v) is 33.2. The third-order valence-electron chi connectivity index (χ3n) is 7.53. The van der Waals surface area contributed by atoms with Gasteiger partial charge >= 0.3 is 11.9 Å². The van der Waals surface area contributed by atoms with Crippen molar-refractivity contribution in [3.8, 4) is 11.5 Å². The van der Waals surface area contributed by atoms with Gasteiger partial charge in [0.05, 0.1) is 19.3 Å². The molecule has 2 aliphatic rings. The number of carbonyl (C=O) groups excluding carboxylic acids is 5. The highest BCUT2D eigenvalue weighted by molar-refractivity contribution is 7.85. The van der Waals surface area contributed by atoms with Crippen molar-refractivity contribution in [2.24, 2.45) is 0 Å². The van der Waals surface area contributed by atoms with Crippen molar-refractivity contribution in [3.63, 3.8) is 0 Å². The lowest BCUT2D eigenvalue weighted by Gasteiger charge is -2.31. The van der Waals surface area contributed by atoms with Gasteiger partial charge in [-0.25, -0.2) is 4.79 Å². The van der Waals surface area contributed by atoms with Crippen LogP contribution in [0.5, 0.6) is 11.5 Å². The van der Waals surface area contributed by atoms with Crippen LogP contribution < -0.4 is 20.1 Å². The Hall–Kier alpha value is -4.63. The molecular formula is C36H55N3O16S. The van der Waals surface area contributed by atoms with E-state index in [1.54, 1.807) is 12.1 Å². The number of carboxylic acids is 1. The van der Waals surface area contributed by atoms with Crippen molar-refractivity contribution < 1.29 is 75.6 Å². The Morgan fingerprint density at radius 3 is 2.29 bits per heavy atom. The van der Waals surface area contributed by atoms with Gasteiger partial charge in [-0.3, -0.25) is 33.4 Å². The van der Waals surface area contributed by atoms with E-state index in [4.69, 9.17) is 23.7 Å². The minimum atomic E-state index is -4.63. The van der Waals surface area contributed by atoms with Crippen molar-refractivity contribution in [2.45, 2.75) is 104 Å². The molecule has 56 heavy (non-hydrogen) atoms. The Bertz CT molecular complexity index is 1570. The van der Waals surface area contributed by atoms with Gasteiger partial charge in [-0.05, 0) is 25.0 Å². The van der Waals surface area contributed by atoms with E-state index in [2.05, 4.69) is 10.6 Å². The lowest BCUT2D eigenvalue weighted by molar-refractivity contribution is -0.195. The fraction of sp³-hybridized carbons (Fsp3) is 0.611. The second kappa shape index (κ2) is 26.3. The number of ether oxygens (including phenoxy) is 5. The maximum Gasteiger partial charge on any atom is 0.333 e. The Morgan fingerprint density at radius 1 is 0.982 bits per heavy atom. The quantitative estimate of drug-likeness (QED) is 0.0480. The number of aliphatic hydroxyl groups excluding tert-OH is 1. The van der Waals surface area contributed by atoms with Crippen LogP contribution in [0.15, 0.2) is 30.4 Å². The van der Waals surface area contributed by atoms with Gasteiger partial charge in [0, 0.05) is 63.1 Å². The maximum atomic E-state index is 12.6. The smallest absolute Gasteiger partial charge is 0.333 e. The fourth-order valence-corrected chi connectivity index (χ4v) is 5.66. The van der Waals surface area contributed by atoms with Crippen LogP contribution in [0.3, 0.4) is 0 Å². The molecule has 19 nitrogen and oxygen atoms in total. The van der Waals surface area contributed by atoms with Crippen molar-refractivity contribution in [1.82, 2.24) is 15.5 Å².